The van der Waals surface area contributed by atoms with Gasteiger partial charge in [-0.05, 0) is 38.9 Å². The maximum Gasteiger partial charge on any atom is 0.324 e. The van der Waals surface area contributed by atoms with Crippen LogP contribution in [0.3, 0.4) is 0 Å². The van der Waals surface area contributed by atoms with Gasteiger partial charge in [-0.2, -0.15) is 0 Å². The van der Waals surface area contributed by atoms with E-state index < -0.39 is 0 Å². The smallest absolute Gasteiger partial charge is 0.324 e. The van der Waals surface area contributed by atoms with Crippen LogP contribution in [0.2, 0.25) is 0 Å². The zero-order valence-corrected chi connectivity index (χ0v) is 14.6. The Labute approximate surface area is 144 Å². The topological polar surface area (TPSA) is 89.1 Å². The predicted molar refractivity (Wildman–Crippen MR) is 94.0 cm³/mol. The molecule has 0 aromatic heterocycles. The highest BCUT2D eigenvalue weighted by Crippen LogP contribution is 2.09. The molecule has 0 atom stereocenters. The number of carbonyl (C=O) groups excluding carboxylic acids is 2. The minimum atomic E-state index is -0.317. The van der Waals surface area contributed by atoms with Crippen molar-refractivity contribution in [3.8, 4) is 0 Å². The van der Waals surface area contributed by atoms with Gasteiger partial charge in [-0.15, -0.1) is 0 Å². The zero-order chi connectivity index (χ0) is 17.2. The van der Waals surface area contributed by atoms with E-state index in [0.717, 1.165) is 19.5 Å². The number of hydrogen-bond donors (Lipinski definition) is 3. The Kier molecular flexibility index (Phi) is 7.81. The molecule has 0 aliphatic carbocycles. The molecule has 24 heavy (non-hydrogen) atoms. The monoisotopic (exact) mass is 338 g/mol. The quantitative estimate of drug-likeness (QED) is 0.263. The zero-order valence-electron chi connectivity index (χ0n) is 14.6. The average molecular weight is 338 g/mol. The molecule has 0 saturated carbocycles. The van der Waals surface area contributed by atoms with Crippen LogP contribution < -0.4 is 16.0 Å². The van der Waals surface area contributed by atoms with Gasteiger partial charge in [0.25, 0.3) is 0 Å². The van der Waals surface area contributed by atoms with Crippen LogP contribution in [0.4, 0.5) is 4.79 Å². The van der Waals surface area contributed by atoms with Crippen LogP contribution in [0.25, 0.3) is 0 Å². The van der Waals surface area contributed by atoms with Crippen molar-refractivity contribution in [3.63, 3.8) is 0 Å². The van der Waals surface area contributed by atoms with Crippen molar-refractivity contribution in [2.45, 2.75) is 32.1 Å². The van der Waals surface area contributed by atoms with E-state index in [0.29, 0.717) is 19.0 Å². The first-order chi connectivity index (χ1) is 11.7. The molecule has 0 spiro atoms. The first-order valence-corrected chi connectivity index (χ1v) is 8.96. The summed E-state index contributed by atoms with van der Waals surface area (Å²) >= 11 is 0. The summed E-state index contributed by atoms with van der Waals surface area (Å²) in [5.41, 5.74) is 0. The molecule has 8 nitrogen and oxygen atoms in total. The van der Waals surface area contributed by atoms with Crippen molar-refractivity contribution in [2.24, 2.45) is 4.99 Å². The lowest BCUT2D eigenvalue weighted by Gasteiger charge is -2.20. The number of likely N-dealkylation sites (tertiary alicyclic amines) is 1. The number of hydrogen-bond acceptors (Lipinski definition) is 4. The second-order valence-corrected chi connectivity index (χ2v) is 6.24. The molecule has 2 rings (SSSR count). The lowest BCUT2D eigenvalue weighted by atomic mass is 10.2. The molecule has 2 saturated heterocycles. The Morgan fingerprint density at radius 2 is 1.79 bits per heavy atom. The van der Waals surface area contributed by atoms with E-state index in [9.17, 15) is 9.59 Å². The highest BCUT2D eigenvalue weighted by molar-refractivity contribution is 6.01. The Bertz CT molecular complexity index is 430. The standard InChI is InChI=1S/C16H30N6O2/c1-17-15(19-8-12-22-14(23)13-20-16(22)24)18-7-6-11-21-9-4-2-3-5-10-21/h2-13H2,1H3,(H,20,24)(H2,17,18,19). The van der Waals surface area contributed by atoms with E-state index >= 15 is 0 Å². The summed E-state index contributed by atoms with van der Waals surface area (Å²) in [4.78, 5) is 30.8. The summed E-state index contributed by atoms with van der Waals surface area (Å²) in [6.45, 7) is 5.36. The third-order valence-electron chi connectivity index (χ3n) is 4.43. The molecule has 3 amide bonds. The summed E-state index contributed by atoms with van der Waals surface area (Å²) < 4.78 is 0. The number of carbonyl (C=O) groups is 2. The normalized spacial score (nSPS) is 20.0. The Balaban J connectivity index is 1.57. The van der Waals surface area contributed by atoms with E-state index in [1.807, 2.05) is 0 Å². The molecule has 2 aliphatic heterocycles. The van der Waals surface area contributed by atoms with Gasteiger partial charge in [-0.1, -0.05) is 12.8 Å². The van der Waals surface area contributed by atoms with Crippen molar-refractivity contribution in [2.75, 3.05) is 52.9 Å². The first kappa shape index (κ1) is 18.5. The van der Waals surface area contributed by atoms with Gasteiger partial charge in [0.05, 0.1) is 6.54 Å². The van der Waals surface area contributed by atoms with Crippen molar-refractivity contribution in [3.05, 3.63) is 0 Å². The number of imide groups is 1. The molecule has 3 N–H and O–H groups in total. The molecule has 2 heterocycles. The van der Waals surface area contributed by atoms with Gasteiger partial charge < -0.3 is 20.9 Å². The molecule has 0 bridgehead atoms. The highest BCUT2D eigenvalue weighted by Gasteiger charge is 2.27. The first-order valence-electron chi connectivity index (χ1n) is 8.96. The molecule has 2 fully saturated rings. The fourth-order valence-electron chi connectivity index (χ4n) is 3.06. The third-order valence-corrected chi connectivity index (χ3v) is 4.43. The number of nitrogens with one attached hydrogen (secondary N) is 3. The molecular formula is C16H30N6O2. The second-order valence-electron chi connectivity index (χ2n) is 6.24. The van der Waals surface area contributed by atoms with Crippen LogP contribution in [0.15, 0.2) is 4.99 Å². The van der Waals surface area contributed by atoms with E-state index in [4.69, 9.17) is 0 Å². The van der Waals surface area contributed by atoms with E-state index in [2.05, 4.69) is 25.8 Å². The van der Waals surface area contributed by atoms with Gasteiger partial charge in [0.15, 0.2) is 5.96 Å². The molecule has 0 aromatic rings. The second kappa shape index (κ2) is 10.1. The summed E-state index contributed by atoms with van der Waals surface area (Å²) in [6.07, 6.45) is 6.44. The number of nitrogens with zero attached hydrogens (tertiary/aromatic N) is 3. The molecule has 0 unspecified atom stereocenters. The lowest BCUT2D eigenvalue weighted by Crippen LogP contribution is -2.43. The van der Waals surface area contributed by atoms with E-state index in [1.54, 1.807) is 7.05 Å². The Hall–Kier alpha value is -1.83. The summed E-state index contributed by atoms with van der Waals surface area (Å²) in [7, 11) is 1.72. The number of aliphatic imine (C=N–C) groups is 1. The third kappa shape index (κ3) is 5.99. The van der Waals surface area contributed by atoms with Crippen LogP contribution in [0.5, 0.6) is 0 Å². The van der Waals surface area contributed by atoms with Gasteiger partial charge in [-0.25, -0.2) is 4.79 Å². The average Bonchev–Trinajstić information content (AvgIpc) is 2.80. The minimum Gasteiger partial charge on any atom is -0.356 e. The molecule has 8 heteroatoms. The summed E-state index contributed by atoms with van der Waals surface area (Å²) in [5, 5.41) is 8.93. The fraction of sp³-hybridized carbons (Fsp3) is 0.812. The maximum absolute atomic E-state index is 11.5. The van der Waals surface area contributed by atoms with Gasteiger partial charge >= 0.3 is 6.03 Å². The predicted octanol–water partition coefficient (Wildman–Crippen LogP) is -0.0307. The van der Waals surface area contributed by atoms with Crippen LogP contribution >= 0.6 is 0 Å². The molecule has 0 aromatic carbocycles. The lowest BCUT2D eigenvalue weighted by molar-refractivity contribution is -0.124. The van der Waals surface area contributed by atoms with Crippen LogP contribution in [-0.2, 0) is 4.79 Å². The Morgan fingerprint density at radius 1 is 1.08 bits per heavy atom. The molecule has 0 radical (unpaired) electrons. The number of urea groups is 1. The largest absolute Gasteiger partial charge is 0.356 e. The molecule has 2 aliphatic rings. The molecule has 136 valence electrons. The van der Waals surface area contributed by atoms with E-state index in [1.165, 1.54) is 43.7 Å². The Morgan fingerprint density at radius 3 is 2.42 bits per heavy atom. The van der Waals surface area contributed by atoms with Crippen LogP contribution in [0.1, 0.15) is 32.1 Å². The number of amides is 3. The SMILES string of the molecule is CN=C(NCCCN1CCCCCC1)NCCN1C(=O)CNC1=O. The summed E-state index contributed by atoms with van der Waals surface area (Å²) in [6, 6.07) is -0.317. The van der Waals surface area contributed by atoms with Gasteiger partial charge in [-0.3, -0.25) is 14.7 Å². The van der Waals surface area contributed by atoms with Crippen LogP contribution in [0, 0.1) is 0 Å². The van der Waals surface area contributed by atoms with Crippen molar-refractivity contribution < 1.29 is 9.59 Å². The minimum absolute atomic E-state index is 0.0995. The highest BCUT2D eigenvalue weighted by atomic mass is 16.2. The van der Waals surface area contributed by atoms with Gasteiger partial charge in [0.2, 0.25) is 5.91 Å². The van der Waals surface area contributed by atoms with Crippen molar-refractivity contribution in [1.82, 2.24) is 25.8 Å². The fourth-order valence-corrected chi connectivity index (χ4v) is 3.06. The number of rotatable bonds is 7. The van der Waals surface area contributed by atoms with Crippen molar-refractivity contribution in [1.29, 1.82) is 0 Å². The van der Waals surface area contributed by atoms with E-state index in [-0.39, 0.29) is 18.5 Å². The number of guanidine groups is 1. The van der Waals surface area contributed by atoms with Crippen LogP contribution in [-0.4, -0.2) is 80.6 Å². The summed E-state index contributed by atoms with van der Waals surface area (Å²) in [5.74, 6) is 0.528. The van der Waals surface area contributed by atoms with Gasteiger partial charge in [0, 0.05) is 26.7 Å². The molecular weight excluding hydrogens is 308 g/mol. The van der Waals surface area contributed by atoms with Crippen molar-refractivity contribution >= 4 is 17.9 Å². The maximum atomic E-state index is 11.5. The van der Waals surface area contributed by atoms with Gasteiger partial charge in [0.1, 0.15) is 0 Å².